The molecule has 0 fully saturated rings. The number of carbonyl (C=O) groups excluding carboxylic acids is 1. The number of hydrazone groups is 1. The number of carbonyl (C=O) groups is 1. The molecule has 126 valence electrons. The van der Waals surface area contributed by atoms with Crippen molar-refractivity contribution < 1.29 is 9.18 Å². The molecular weight excluding hydrogens is 317 g/mol. The molecule has 0 unspecified atom stereocenters. The highest BCUT2D eigenvalue weighted by Gasteiger charge is 2.16. The van der Waals surface area contributed by atoms with Gasteiger partial charge in [0.1, 0.15) is 5.82 Å². The lowest BCUT2D eigenvalue weighted by atomic mass is 9.95. The Kier molecular flexibility index (Phi) is 4.06. The first-order valence-corrected chi connectivity index (χ1v) is 8.44. The number of rotatable bonds is 3. The third-order valence-electron chi connectivity index (χ3n) is 4.64. The van der Waals surface area contributed by atoms with Crippen LogP contribution in [0.25, 0.3) is 10.9 Å². The van der Waals surface area contributed by atoms with E-state index in [1.807, 2.05) is 12.1 Å². The van der Waals surface area contributed by atoms with Crippen molar-refractivity contribution in [3.8, 4) is 0 Å². The van der Waals surface area contributed by atoms with Gasteiger partial charge in [0.25, 0.3) is 5.91 Å². The molecule has 1 aliphatic rings. The summed E-state index contributed by atoms with van der Waals surface area (Å²) in [6.45, 7) is 0. The molecule has 4 nitrogen and oxygen atoms in total. The average Bonchev–Trinajstić information content (AvgIpc) is 3.01. The van der Waals surface area contributed by atoms with Crippen molar-refractivity contribution in [3.05, 3.63) is 70.7 Å². The Labute approximate surface area is 144 Å². The molecule has 1 amide bonds. The Morgan fingerprint density at radius 2 is 2.00 bits per heavy atom. The van der Waals surface area contributed by atoms with Crippen LogP contribution in [0.4, 0.5) is 4.39 Å². The van der Waals surface area contributed by atoms with Gasteiger partial charge in [-0.3, -0.25) is 4.79 Å². The van der Waals surface area contributed by atoms with Crippen molar-refractivity contribution in [3.63, 3.8) is 0 Å². The first kappa shape index (κ1) is 15.6. The highest BCUT2D eigenvalue weighted by atomic mass is 19.1. The van der Waals surface area contributed by atoms with Crippen LogP contribution in [0.1, 0.15) is 40.0 Å². The number of hydrogen-bond donors (Lipinski definition) is 2. The van der Waals surface area contributed by atoms with Crippen molar-refractivity contribution in [2.75, 3.05) is 0 Å². The van der Waals surface area contributed by atoms with Gasteiger partial charge in [0, 0.05) is 27.7 Å². The maximum Gasteiger partial charge on any atom is 0.271 e. The largest absolute Gasteiger partial charge is 0.358 e. The Morgan fingerprint density at radius 3 is 2.88 bits per heavy atom. The standard InChI is InChI=1S/C20H18FN3O/c21-17-7-3-1-5-14(17)12-22-24-20(25)13-9-10-19-16(11-13)15-6-2-4-8-18(15)23-19/h1,3,5,7,9-12,23H,2,4,6,8H2,(H,24,25)/b22-12+. The second-order valence-electron chi connectivity index (χ2n) is 6.27. The van der Waals surface area contributed by atoms with Crippen LogP contribution in [-0.4, -0.2) is 17.1 Å². The van der Waals surface area contributed by atoms with E-state index in [1.54, 1.807) is 24.3 Å². The highest BCUT2D eigenvalue weighted by Crippen LogP contribution is 2.29. The van der Waals surface area contributed by atoms with Crippen LogP contribution in [-0.2, 0) is 12.8 Å². The van der Waals surface area contributed by atoms with E-state index in [0.29, 0.717) is 11.1 Å². The third kappa shape index (κ3) is 3.05. The number of aromatic nitrogens is 1. The van der Waals surface area contributed by atoms with Gasteiger partial charge in [-0.15, -0.1) is 0 Å². The SMILES string of the molecule is O=C(N/N=C/c1ccccc1F)c1ccc2[nH]c3c(c2c1)CCCC3. The van der Waals surface area contributed by atoms with Crippen LogP contribution in [0.5, 0.6) is 0 Å². The van der Waals surface area contributed by atoms with Crippen molar-refractivity contribution >= 4 is 23.0 Å². The Hall–Kier alpha value is -2.95. The third-order valence-corrected chi connectivity index (χ3v) is 4.64. The monoisotopic (exact) mass is 335 g/mol. The number of benzene rings is 2. The van der Waals surface area contributed by atoms with E-state index in [0.717, 1.165) is 23.7 Å². The zero-order valence-corrected chi connectivity index (χ0v) is 13.7. The zero-order chi connectivity index (χ0) is 17.2. The van der Waals surface area contributed by atoms with E-state index in [-0.39, 0.29) is 11.7 Å². The molecule has 4 rings (SSSR count). The topological polar surface area (TPSA) is 57.2 Å². The minimum atomic E-state index is -0.374. The number of aryl methyl sites for hydroxylation is 2. The summed E-state index contributed by atoms with van der Waals surface area (Å²) >= 11 is 0. The van der Waals surface area contributed by atoms with Gasteiger partial charge in [0.2, 0.25) is 0 Å². The second-order valence-corrected chi connectivity index (χ2v) is 6.27. The molecule has 0 atom stereocenters. The van der Waals surface area contributed by atoms with E-state index >= 15 is 0 Å². The van der Waals surface area contributed by atoms with Crippen molar-refractivity contribution in [1.29, 1.82) is 0 Å². The van der Waals surface area contributed by atoms with E-state index in [4.69, 9.17) is 0 Å². The van der Waals surface area contributed by atoms with Gasteiger partial charge in [-0.2, -0.15) is 5.10 Å². The fraction of sp³-hybridized carbons (Fsp3) is 0.200. The predicted octanol–water partition coefficient (Wildman–Crippen LogP) is 3.95. The minimum absolute atomic E-state index is 0.305. The van der Waals surface area contributed by atoms with Crippen LogP contribution in [0, 0.1) is 5.82 Å². The first-order chi connectivity index (χ1) is 12.2. The Bertz CT molecular complexity index is 974. The lowest BCUT2D eigenvalue weighted by Gasteiger charge is -2.10. The minimum Gasteiger partial charge on any atom is -0.358 e. The molecule has 1 heterocycles. The lowest BCUT2D eigenvalue weighted by molar-refractivity contribution is 0.0955. The summed E-state index contributed by atoms with van der Waals surface area (Å²) in [6, 6.07) is 11.9. The van der Waals surface area contributed by atoms with E-state index < -0.39 is 0 Å². The van der Waals surface area contributed by atoms with Gasteiger partial charge in [-0.25, -0.2) is 9.82 Å². The number of halogens is 1. The molecule has 3 aromatic rings. The van der Waals surface area contributed by atoms with Gasteiger partial charge in [0.15, 0.2) is 0 Å². The molecule has 0 radical (unpaired) electrons. The molecule has 5 heteroatoms. The zero-order valence-electron chi connectivity index (χ0n) is 13.7. The fourth-order valence-electron chi connectivity index (χ4n) is 3.35. The van der Waals surface area contributed by atoms with Crippen LogP contribution < -0.4 is 5.43 Å². The van der Waals surface area contributed by atoms with Gasteiger partial charge in [0.05, 0.1) is 6.21 Å². The van der Waals surface area contributed by atoms with Crippen LogP contribution in [0.3, 0.4) is 0 Å². The predicted molar refractivity (Wildman–Crippen MR) is 96.4 cm³/mol. The summed E-state index contributed by atoms with van der Waals surface area (Å²) in [5.41, 5.74) is 7.02. The van der Waals surface area contributed by atoms with Gasteiger partial charge >= 0.3 is 0 Å². The normalized spacial score (nSPS) is 14.0. The molecule has 0 saturated heterocycles. The quantitative estimate of drug-likeness (QED) is 0.553. The summed E-state index contributed by atoms with van der Waals surface area (Å²) in [7, 11) is 0. The molecule has 2 aromatic carbocycles. The fourth-order valence-corrected chi connectivity index (χ4v) is 3.35. The van der Waals surface area contributed by atoms with E-state index in [1.165, 1.54) is 36.4 Å². The summed E-state index contributed by atoms with van der Waals surface area (Å²) in [5, 5.41) is 4.97. The number of H-pyrrole nitrogens is 1. The first-order valence-electron chi connectivity index (χ1n) is 8.44. The summed E-state index contributed by atoms with van der Waals surface area (Å²) in [4.78, 5) is 15.8. The molecular formula is C20H18FN3O. The second kappa shape index (κ2) is 6.51. The average molecular weight is 335 g/mol. The number of fused-ring (bicyclic) bond motifs is 3. The summed E-state index contributed by atoms with van der Waals surface area (Å²) < 4.78 is 13.5. The van der Waals surface area contributed by atoms with Crippen LogP contribution in [0.15, 0.2) is 47.6 Å². The highest BCUT2D eigenvalue weighted by molar-refractivity contribution is 5.99. The smallest absolute Gasteiger partial charge is 0.271 e. The number of nitrogens with zero attached hydrogens (tertiary/aromatic N) is 1. The summed E-state index contributed by atoms with van der Waals surface area (Å²) in [5.74, 6) is -0.680. The molecule has 1 aliphatic carbocycles. The van der Waals surface area contributed by atoms with Gasteiger partial charge < -0.3 is 4.98 Å². The van der Waals surface area contributed by atoms with Crippen molar-refractivity contribution in [2.24, 2.45) is 5.10 Å². The van der Waals surface area contributed by atoms with Crippen molar-refractivity contribution in [2.45, 2.75) is 25.7 Å². The Morgan fingerprint density at radius 1 is 1.16 bits per heavy atom. The number of aromatic amines is 1. The molecule has 0 spiro atoms. The van der Waals surface area contributed by atoms with Crippen molar-refractivity contribution in [1.82, 2.24) is 10.4 Å². The van der Waals surface area contributed by atoms with Crippen LogP contribution >= 0.6 is 0 Å². The van der Waals surface area contributed by atoms with E-state index in [9.17, 15) is 9.18 Å². The maximum absolute atomic E-state index is 13.5. The summed E-state index contributed by atoms with van der Waals surface area (Å²) in [6.07, 6.45) is 5.81. The molecule has 0 aliphatic heterocycles. The molecule has 1 aromatic heterocycles. The van der Waals surface area contributed by atoms with Gasteiger partial charge in [-0.1, -0.05) is 18.2 Å². The molecule has 25 heavy (non-hydrogen) atoms. The van der Waals surface area contributed by atoms with Crippen LogP contribution in [0.2, 0.25) is 0 Å². The molecule has 0 bridgehead atoms. The Balaban J connectivity index is 1.55. The van der Waals surface area contributed by atoms with E-state index in [2.05, 4.69) is 15.5 Å². The molecule has 2 N–H and O–H groups in total. The molecule has 0 saturated carbocycles. The lowest BCUT2D eigenvalue weighted by Crippen LogP contribution is -2.17. The number of hydrogen-bond acceptors (Lipinski definition) is 2. The maximum atomic E-state index is 13.5. The number of nitrogens with one attached hydrogen (secondary N) is 2. The van der Waals surface area contributed by atoms with Gasteiger partial charge in [-0.05, 0) is 55.5 Å². The number of amides is 1.